The van der Waals surface area contributed by atoms with Gasteiger partial charge >= 0.3 is 0 Å². The highest BCUT2D eigenvalue weighted by molar-refractivity contribution is 7.99. The molecule has 0 aliphatic carbocycles. The topological polar surface area (TPSA) is 44.3 Å². The first-order valence-corrected chi connectivity index (χ1v) is 4.32. The van der Waals surface area contributed by atoms with E-state index in [0.717, 1.165) is 13.0 Å². The maximum Gasteiger partial charge on any atom is 0.107 e. The molecule has 0 bridgehead atoms. The molecule has 1 fully saturated rings. The van der Waals surface area contributed by atoms with Crippen molar-refractivity contribution in [3.05, 3.63) is 0 Å². The Morgan fingerprint density at radius 1 is 1.67 bits per heavy atom. The Bertz CT molecular complexity index is 91.0. The van der Waals surface area contributed by atoms with Gasteiger partial charge in [-0.25, -0.2) is 0 Å². The van der Waals surface area contributed by atoms with Crippen molar-refractivity contribution < 1.29 is 5.11 Å². The first-order valence-electron chi connectivity index (χ1n) is 3.03. The van der Waals surface area contributed by atoms with E-state index < -0.39 is 0 Å². The molecule has 2 unspecified atom stereocenters. The molecule has 3 nitrogen and oxygen atoms in total. The molecule has 0 amide bonds. The third kappa shape index (κ3) is 2.14. The van der Waals surface area contributed by atoms with Crippen LogP contribution in [-0.2, 0) is 0 Å². The molecule has 1 aliphatic heterocycles. The van der Waals surface area contributed by atoms with Crippen LogP contribution in [0.4, 0.5) is 0 Å². The first-order chi connectivity index (χ1) is 4.33. The Kier molecular flexibility index (Phi) is 2.78. The van der Waals surface area contributed by atoms with E-state index in [0.29, 0.717) is 0 Å². The fourth-order valence-electron chi connectivity index (χ4n) is 0.820. The molecule has 1 aliphatic rings. The molecule has 1 rings (SSSR count). The summed E-state index contributed by atoms with van der Waals surface area (Å²) < 4.78 is 0. The van der Waals surface area contributed by atoms with Crippen molar-refractivity contribution in [2.75, 3.05) is 12.8 Å². The summed E-state index contributed by atoms with van der Waals surface area (Å²) in [6, 6.07) is 0. The Labute approximate surface area is 59.2 Å². The summed E-state index contributed by atoms with van der Waals surface area (Å²) in [7, 11) is 0. The number of aliphatic hydroxyl groups is 1. The molecule has 1 heterocycles. The summed E-state index contributed by atoms with van der Waals surface area (Å²) in [5.41, 5.74) is 0.230. The van der Waals surface area contributed by atoms with E-state index >= 15 is 0 Å². The quantitative estimate of drug-likeness (QED) is 0.470. The lowest BCUT2D eigenvalue weighted by atomic mass is 10.3. The normalized spacial score (nSPS) is 36.7. The second-order valence-electron chi connectivity index (χ2n) is 2.04. The van der Waals surface area contributed by atoms with Crippen LogP contribution in [0.5, 0.6) is 0 Å². The Morgan fingerprint density at radius 3 is 2.89 bits per heavy atom. The van der Waals surface area contributed by atoms with Crippen molar-refractivity contribution in [1.29, 1.82) is 0 Å². The van der Waals surface area contributed by atoms with Crippen LogP contribution in [0.1, 0.15) is 6.42 Å². The van der Waals surface area contributed by atoms with Gasteiger partial charge in [0.15, 0.2) is 0 Å². The minimum absolute atomic E-state index is 0.230. The lowest BCUT2D eigenvalue weighted by Crippen LogP contribution is -2.51. The van der Waals surface area contributed by atoms with E-state index in [1.165, 1.54) is 0 Å². The van der Waals surface area contributed by atoms with Crippen LogP contribution in [-0.4, -0.2) is 29.6 Å². The third-order valence-corrected chi connectivity index (χ3v) is 2.10. The zero-order chi connectivity index (χ0) is 6.69. The lowest BCUT2D eigenvalue weighted by Gasteiger charge is -2.27. The lowest BCUT2D eigenvalue weighted by molar-refractivity contribution is 0.100. The highest BCUT2D eigenvalue weighted by Crippen LogP contribution is 2.04. The molecule has 9 heavy (non-hydrogen) atoms. The summed E-state index contributed by atoms with van der Waals surface area (Å²) >= 11 is 1.67. The molecule has 1 saturated heterocycles. The molecule has 0 saturated carbocycles. The van der Waals surface area contributed by atoms with Gasteiger partial charge in [-0.15, -0.1) is 11.8 Å². The van der Waals surface area contributed by atoms with Gasteiger partial charge in [0.2, 0.25) is 0 Å². The average Bonchev–Trinajstić information content (AvgIpc) is 1.88. The van der Waals surface area contributed by atoms with E-state index in [9.17, 15) is 0 Å². The minimum Gasteiger partial charge on any atom is -0.378 e. The molecule has 0 radical (unpaired) electrons. The van der Waals surface area contributed by atoms with E-state index in [4.69, 9.17) is 5.11 Å². The summed E-state index contributed by atoms with van der Waals surface area (Å²) in [4.78, 5) is 0. The van der Waals surface area contributed by atoms with Gasteiger partial charge < -0.3 is 5.11 Å². The van der Waals surface area contributed by atoms with Gasteiger partial charge in [-0.05, 0) is 12.7 Å². The predicted octanol–water partition coefficient (Wildman–Crippen LogP) is -0.466. The van der Waals surface area contributed by atoms with Crippen molar-refractivity contribution in [2.24, 2.45) is 0 Å². The summed E-state index contributed by atoms with van der Waals surface area (Å²) in [5, 5.41) is 15.2. The zero-order valence-corrected chi connectivity index (χ0v) is 6.24. The largest absolute Gasteiger partial charge is 0.378 e. The van der Waals surface area contributed by atoms with E-state index in [1.807, 2.05) is 6.26 Å². The van der Waals surface area contributed by atoms with E-state index in [1.54, 1.807) is 11.8 Å². The standard InChI is InChI=1S/C5H12N2OS/c1-9-5-6-3-2-4(8)7-5/h4-8H,2-3H2,1H3. The van der Waals surface area contributed by atoms with Crippen molar-refractivity contribution in [3.63, 3.8) is 0 Å². The van der Waals surface area contributed by atoms with Crippen molar-refractivity contribution in [1.82, 2.24) is 10.6 Å². The monoisotopic (exact) mass is 148 g/mol. The molecule has 54 valence electrons. The van der Waals surface area contributed by atoms with Gasteiger partial charge in [0.05, 0.1) is 0 Å². The van der Waals surface area contributed by atoms with Crippen molar-refractivity contribution >= 4 is 11.8 Å². The Hall–Kier alpha value is 0.230. The number of rotatable bonds is 1. The summed E-state index contributed by atoms with van der Waals surface area (Å²) in [6.07, 6.45) is 2.49. The number of thioether (sulfide) groups is 1. The van der Waals surface area contributed by atoms with Crippen LogP contribution in [0, 0.1) is 0 Å². The third-order valence-electron chi connectivity index (χ3n) is 1.33. The van der Waals surface area contributed by atoms with Crippen LogP contribution in [0.15, 0.2) is 0 Å². The van der Waals surface area contributed by atoms with Crippen LogP contribution in [0.2, 0.25) is 0 Å². The molecule has 3 N–H and O–H groups in total. The highest BCUT2D eigenvalue weighted by Gasteiger charge is 2.15. The molecule has 0 aromatic carbocycles. The zero-order valence-electron chi connectivity index (χ0n) is 5.42. The summed E-state index contributed by atoms with van der Waals surface area (Å²) in [5.74, 6) is 0. The van der Waals surface area contributed by atoms with Gasteiger partial charge in [-0.1, -0.05) is 0 Å². The molecule has 0 aromatic heterocycles. The van der Waals surface area contributed by atoms with Gasteiger partial charge in [0.1, 0.15) is 11.7 Å². The molecular formula is C5H12N2OS. The van der Waals surface area contributed by atoms with Crippen LogP contribution < -0.4 is 10.6 Å². The smallest absolute Gasteiger partial charge is 0.107 e. The van der Waals surface area contributed by atoms with E-state index in [2.05, 4.69) is 10.6 Å². The van der Waals surface area contributed by atoms with E-state index in [-0.39, 0.29) is 11.7 Å². The average molecular weight is 148 g/mol. The summed E-state index contributed by atoms with van der Waals surface area (Å²) in [6.45, 7) is 0.902. The van der Waals surface area contributed by atoms with Crippen LogP contribution in [0.25, 0.3) is 0 Å². The van der Waals surface area contributed by atoms with Crippen LogP contribution >= 0.6 is 11.8 Å². The number of aliphatic hydroxyl groups excluding tert-OH is 1. The maximum atomic E-state index is 9.05. The fourth-order valence-corrected chi connectivity index (χ4v) is 1.40. The van der Waals surface area contributed by atoms with Crippen LogP contribution in [0.3, 0.4) is 0 Å². The van der Waals surface area contributed by atoms with Gasteiger partial charge in [0, 0.05) is 6.54 Å². The molecule has 0 aromatic rings. The predicted molar refractivity (Wildman–Crippen MR) is 39.1 cm³/mol. The molecule has 2 atom stereocenters. The first kappa shape index (κ1) is 7.34. The van der Waals surface area contributed by atoms with Gasteiger partial charge in [0.25, 0.3) is 0 Å². The van der Waals surface area contributed by atoms with Crippen molar-refractivity contribution in [2.45, 2.75) is 18.1 Å². The number of hydrogen-bond acceptors (Lipinski definition) is 4. The number of nitrogens with one attached hydrogen (secondary N) is 2. The second kappa shape index (κ2) is 3.41. The van der Waals surface area contributed by atoms with Gasteiger partial charge in [-0.3, -0.25) is 10.6 Å². The minimum atomic E-state index is -0.316. The van der Waals surface area contributed by atoms with Crippen molar-refractivity contribution in [3.8, 4) is 0 Å². The highest BCUT2D eigenvalue weighted by atomic mass is 32.2. The molecule has 0 spiro atoms. The SMILES string of the molecule is CSC1NCCC(O)N1. The number of hydrogen-bond donors (Lipinski definition) is 3. The Morgan fingerprint density at radius 2 is 2.44 bits per heavy atom. The molecule has 4 heteroatoms. The fraction of sp³-hybridized carbons (Fsp3) is 1.00. The molecular weight excluding hydrogens is 136 g/mol. The van der Waals surface area contributed by atoms with Gasteiger partial charge in [-0.2, -0.15) is 0 Å². The Balaban J connectivity index is 2.23. The maximum absolute atomic E-state index is 9.05. The second-order valence-corrected chi connectivity index (χ2v) is 2.98.